The van der Waals surface area contributed by atoms with E-state index in [9.17, 15) is 19.5 Å². The van der Waals surface area contributed by atoms with E-state index in [-0.39, 0.29) is 24.8 Å². The Morgan fingerprint density at radius 2 is 1.77 bits per heavy atom. The number of hydrogen-bond donors (Lipinski definition) is 3. The molecular weight excluding hydrogens is 394 g/mol. The van der Waals surface area contributed by atoms with Gasteiger partial charge < -0.3 is 21.1 Å². The van der Waals surface area contributed by atoms with E-state index in [1.807, 2.05) is 48.5 Å². The van der Waals surface area contributed by atoms with Crippen LogP contribution in [0.4, 0.5) is 5.69 Å². The standard InChI is InChI=1S/C24H27N3O4/c1-2-13-24(31,22(25)29)23(30)27(14-15-11-12-15)20-18-9-4-3-7-16(18)17-8-5-6-10-19(17)26-21(20)28/h3-10,15,20,31H,2,11-14H2,1H3,(H2,25,29)(H,26,28)/t20-,24+/m0/s1. The highest BCUT2D eigenvalue weighted by Gasteiger charge is 2.49. The summed E-state index contributed by atoms with van der Waals surface area (Å²) in [5, 5.41) is 13.9. The summed E-state index contributed by atoms with van der Waals surface area (Å²) >= 11 is 0. The van der Waals surface area contributed by atoms with Crippen molar-refractivity contribution in [1.29, 1.82) is 0 Å². The van der Waals surface area contributed by atoms with Crippen molar-refractivity contribution in [3.63, 3.8) is 0 Å². The van der Waals surface area contributed by atoms with Crippen molar-refractivity contribution >= 4 is 23.4 Å². The maximum absolute atomic E-state index is 13.6. The molecule has 0 aromatic heterocycles. The molecule has 2 aromatic carbocycles. The molecule has 1 heterocycles. The summed E-state index contributed by atoms with van der Waals surface area (Å²) in [6.07, 6.45) is 2.16. The summed E-state index contributed by atoms with van der Waals surface area (Å²) in [5.74, 6) is -2.05. The Hall–Kier alpha value is -3.19. The van der Waals surface area contributed by atoms with Crippen LogP contribution in [0, 0.1) is 5.92 Å². The summed E-state index contributed by atoms with van der Waals surface area (Å²) in [6.45, 7) is 2.04. The van der Waals surface area contributed by atoms with Gasteiger partial charge >= 0.3 is 0 Å². The van der Waals surface area contributed by atoms with Gasteiger partial charge in [-0.2, -0.15) is 0 Å². The van der Waals surface area contributed by atoms with Crippen LogP contribution in [0.2, 0.25) is 0 Å². The van der Waals surface area contributed by atoms with Crippen LogP contribution in [0.25, 0.3) is 11.1 Å². The molecular formula is C24H27N3O4. The summed E-state index contributed by atoms with van der Waals surface area (Å²) in [6, 6.07) is 13.9. The lowest BCUT2D eigenvalue weighted by Crippen LogP contribution is -2.59. The average molecular weight is 421 g/mol. The van der Waals surface area contributed by atoms with Crippen LogP contribution in [0.15, 0.2) is 48.5 Å². The fourth-order valence-corrected chi connectivity index (χ4v) is 4.28. The largest absolute Gasteiger partial charge is 0.372 e. The molecule has 7 nitrogen and oxygen atoms in total. The number of aliphatic hydroxyl groups is 1. The number of nitrogens with zero attached hydrogens (tertiary/aromatic N) is 1. The lowest BCUT2D eigenvalue weighted by Gasteiger charge is -2.36. The molecule has 0 radical (unpaired) electrons. The minimum atomic E-state index is -2.35. The van der Waals surface area contributed by atoms with Gasteiger partial charge in [-0.15, -0.1) is 0 Å². The molecule has 4 N–H and O–H groups in total. The van der Waals surface area contributed by atoms with E-state index in [2.05, 4.69) is 5.32 Å². The van der Waals surface area contributed by atoms with Gasteiger partial charge in [0, 0.05) is 17.8 Å². The van der Waals surface area contributed by atoms with E-state index < -0.39 is 23.5 Å². The Labute approximate surface area is 181 Å². The fourth-order valence-electron chi connectivity index (χ4n) is 4.28. The van der Waals surface area contributed by atoms with Crippen molar-refractivity contribution in [2.45, 2.75) is 44.2 Å². The summed E-state index contributed by atoms with van der Waals surface area (Å²) in [4.78, 5) is 40.5. The first kappa shape index (κ1) is 21.1. The first-order valence-corrected chi connectivity index (χ1v) is 10.7. The number of nitrogens with two attached hydrogens (primary N) is 1. The molecule has 0 unspecified atom stereocenters. The second-order valence-corrected chi connectivity index (χ2v) is 8.40. The highest BCUT2D eigenvalue weighted by atomic mass is 16.3. The van der Waals surface area contributed by atoms with Crippen LogP contribution in [0.3, 0.4) is 0 Å². The molecule has 1 fully saturated rings. The number of primary amides is 1. The predicted molar refractivity (Wildman–Crippen MR) is 117 cm³/mol. The minimum absolute atomic E-state index is 0.0987. The molecule has 7 heteroatoms. The Balaban J connectivity index is 1.84. The first-order chi connectivity index (χ1) is 14.9. The molecule has 2 aromatic rings. The van der Waals surface area contributed by atoms with Crippen LogP contribution in [0.5, 0.6) is 0 Å². The number of rotatable bonds is 7. The summed E-state index contributed by atoms with van der Waals surface area (Å²) < 4.78 is 0. The Morgan fingerprint density at radius 3 is 2.42 bits per heavy atom. The Morgan fingerprint density at radius 1 is 1.13 bits per heavy atom. The molecule has 1 saturated carbocycles. The second kappa shape index (κ2) is 8.15. The van der Waals surface area contributed by atoms with Gasteiger partial charge in [0.1, 0.15) is 6.04 Å². The molecule has 0 saturated heterocycles. The van der Waals surface area contributed by atoms with Crippen LogP contribution in [-0.4, -0.2) is 39.9 Å². The van der Waals surface area contributed by atoms with Crippen LogP contribution >= 0.6 is 0 Å². The number of anilines is 1. The van der Waals surface area contributed by atoms with Gasteiger partial charge in [-0.1, -0.05) is 55.8 Å². The highest BCUT2D eigenvalue weighted by molar-refractivity contribution is 6.10. The van der Waals surface area contributed by atoms with Crippen molar-refractivity contribution in [2.24, 2.45) is 11.7 Å². The van der Waals surface area contributed by atoms with Gasteiger partial charge in [-0.05, 0) is 42.4 Å². The van der Waals surface area contributed by atoms with Crippen molar-refractivity contribution in [1.82, 2.24) is 4.90 Å². The third-order valence-electron chi connectivity index (χ3n) is 6.08. The fraction of sp³-hybridized carbons (Fsp3) is 0.375. The number of amides is 3. The van der Waals surface area contributed by atoms with Crippen molar-refractivity contribution in [3.8, 4) is 11.1 Å². The van der Waals surface area contributed by atoms with E-state index in [1.54, 1.807) is 6.92 Å². The zero-order valence-corrected chi connectivity index (χ0v) is 17.5. The third kappa shape index (κ3) is 3.81. The molecule has 2 aliphatic rings. The highest BCUT2D eigenvalue weighted by Crippen LogP contribution is 2.42. The van der Waals surface area contributed by atoms with Crippen LogP contribution in [0.1, 0.15) is 44.2 Å². The predicted octanol–water partition coefficient (Wildman–Crippen LogP) is 2.60. The maximum Gasteiger partial charge on any atom is 0.265 e. The van der Waals surface area contributed by atoms with Gasteiger partial charge in [-0.3, -0.25) is 14.4 Å². The molecule has 3 amide bonds. The zero-order chi connectivity index (χ0) is 22.2. The zero-order valence-electron chi connectivity index (χ0n) is 17.5. The van der Waals surface area contributed by atoms with Crippen LogP contribution < -0.4 is 11.1 Å². The molecule has 162 valence electrons. The number of para-hydroxylation sites is 1. The van der Waals surface area contributed by atoms with Gasteiger partial charge in [-0.25, -0.2) is 0 Å². The average Bonchev–Trinajstić information content (AvgIpc) is 3.58. The molecule has 2 atom stereocenters. The number of carbonyl (C=O) groups excluding carboxylic acids is 3. The van der Waals surface area contributed by atoms with Crippen molar-refractivity contribution < 1.29 is 19.5 Å². The van der Waals surface area contributed by atoms with E-state index in [0.29, 0.717) is 17.7 Å². The number of hydrogen-bond acceptors (Lipinski definition) is 4. The number of benzene rings is 2. The first-order valence-electron chi connectivity index (χ1n) is 10.7. The molecule has 0 spiro atoms. The summed E-state index contributed by atoms with van der Waals surface area (Å²) in [5.41, 5.74) is 6.10. The number of fused-ring (bicyclic) bond motifs is 3. The lowest BCUT2D eigenvalue weighted by molar-refractivity contribution is -0.164. The Kier molecular flexibility index (Phi) is 5.54. The van der Waals surface area contributed by atoms with Gasteiger partial charge in [0.05, 0.1) is 0 Å². The molecule has 0 bridgehead atoms. The second-order valence-electron chi connectivity index (χ2n) is 8.40. The lowest BCUT2D eigenvalue weighted by atomic mass is 9.91. The monoisotopic (exact) mass is 421 g/mol. The summed E-state index contributed by atoms with van der Waals surface area (Å²) in [7, 11) is 0. The smallest absolute Gasteiger partial charge is 0.265 e. The van der Waals surface area contributed by atoms with E-state index in [0.717, 1.165) is 24.0 Å². The number of nitrogens with one attached hydrogen (secondary N) is 1. The Bertz CT molecular complexity index is 1030. The normalized spacial score (nSPS) is 19.3. The van der Waals surface area contributed by atoms with Crippen molar-refractivity contribution in [3.05, 3.63) is 54.1 Å². The van der Waals surface area contributed by atoms with E-state index in [1.165, 1.54) is 4.90 Å². The molecule has 4 rings (SSSR count). The molecule has 1 aliphatic heterocycles. The maximum atomic E-state index is 13.6. The van der Waals surface area contributed by atoms with Crippen LogP contribution in [-0.2, 0) is 14.4 Å². The van der Waals surface area contributed by atoms with E-state index in [4.69, 9.17) is 5.73 Å². The van der Waals surface area contributed by atoms with Gasteiger partial charge in [0.25, 0.3) is 17.7 Å². The molecule has 1 aliphatic carbocycles. The van der Waals surface area contributed by atoms with Gasteiger partial charge in [0.2, 0.25) is 5.60 Å². The third-order valence-corrected chi connectivity index (χ3v) is 6.08. The topological polar surface area (TPSA) is 113 Å². The molecule has 31 heavy (non-hydrogen) atoms. The van der Waals surface area contributed by atoms with E-state index >= 15 is 0 Å². The minimum Gasteiger partial charge on any atom is -0.372 e. The SMILES string of the molecule is CCC[C@@](O)(C(N)=O)C(=O)N(CC1CC1)[C@@H]1C(=O)Nc2ccccc2-c2ccccc21. The quantitative estimate of drug-likeness (QED) is 0.597. The van der Waals surface area contributed by atoms with Crippen molar-refractivity contribution in [2.75, 3.05) is 11.9 Å². The number of carbonyl (C=O) groups is 3. The van der Waals surface area contributed by atoms with Gasteiger partial charge in [0.15, 0.2) is 0 Å².